The monoisotopic (exact) mass is 293 g/mol. The van der Waals surface area contributed by atoms with Crippen molar-refractivity contribution in [3.05, 3.63) is 84.1 Å². The van der Waals surface area contributed by atoms with Gasteiger partial charge in [-0.25, -0.2) is 0 Å². The Bertz CT molecular complexity index is 664. The predicted octanol–water partition coefficient (Wildman–Crippen LogP) is 4.07. The van der Waals surface area contributed by atoms with Crippen LogP contribution < -0.4 is 5.73 Å². The summed E-state index contributed by atoms with van der Waals surface area (Å²) in [6.45, 7) is 3.46. The molecule has 0 bridgehead atoms. The molecule has 0 spiro atoms. The van der Waals surface area contributed by atoms with Gasteiger partial charge in [-0.2, -0.15) is 0 Å². The fourth-order valence-corrected chi connectivity index (χ4v) is 2.29. The molecule has 0 aromatic heterocycles. The Labute approximate surface area is 132 Å². The van der Waals surface area contributed by atoms with Crippen molar-refractivity contribution in [2.24, 2.45) is 5.73 Å². The van der Waals surface area contributed by atoms with Crippen molar-refractivity contribution in [1.82, 2.24) is 0 Å². The molecule has 0 atom stereocenters. The second-order valence-corrected chi connectivity index (χ2v) is 5.85. The Morgan fingerprint density at radius 1 is 1.05 bits per heavy atom. The van der Waals surface area contributed by atoms with E-state index in [0.29, 0.717) is 5.57 Å². The van der Waals surface area contributed by atoms with E-state index in [1.165, 1.54) is 22.9 Å². The van der Waals surface area contributed by atoms with E-state index in [4.69, 9.17) is 5.73 Å². The summed E-state index contributed by atoms with van der Waals surface area (Å²) in [5.41, 5.74) is 9.01. The minimum Gasteiger partial charge on any atom is -0.404 e. The highest BCUT2D eigenvalue weighted by Gasteiger charge is 2.15. The summed E-state index contributed by atoms with van der Waals surface area (Å²) in [6.07, 6.45) is 6.17. The molecule has 0 aliphatic rings. The molecule has 0 radical (unpaired) electrons. The summed E-state index contributed by atoms with van der Waals surface area (Å²) >= 11 is 0. The summed E-state index contributed by atoms with van der Waals surface area (Å²) in [4.78, 5) is 0. The van der Waals surface area contributed by atoms with Gasteiger partial charge in [0.15, 0.2) is 0 Å². The van der Waals surface area contributed by atoms with Gasteiger partial charge in [-0.05, 0) is 48.7 Å². The zero-order valence-electron chi connectivity index (χ0n) is 13.2. The first kappa shape index (κ1) is 16.1. The van der Waals surface area contributed by atoms with Crippen LogP contribution in [0.2, 0.25) is 0 Å². The van der Waals surface area contributed by atoms with E-state index in [1.807, 2.05) is 30.4 Å². The Morgan fingerprint density at radius 2 is 1.73 bits per heavy atom. The van der Waals surface area contributed by atoms with Crippen LogP contribution in [0.3, 0.4) is 0 Å². The fraction of sp³-hybridized carbons (Fsp3) is 0.200. The lowest BCUT2D eigenvalue weighted by Crippen LogP contribution is -2.21. The van der Waals surface area contributed by atoms with E-state index in [-0.39, 0.29) is 0 Å². The smallest absolute Gasteiger partial charge is 0.0854 e. The van der Waals surface area contributed by atoms with Gasteiger partial charge in [0.2, 0.25) is 0 Å². The lowest BCUT2D eigenvalue weighted by molar-refractivity contribution is 0.123. The summed E-state index contributed by atoms with van der Waals surface area (Å²) in [5.74, 6) is 0. The Morgan fingerprint density at radius 3 is 2.36 bits per heavy atom. The lowest BCUT2D eigenvalue weighted by Gasteiger charge is -2.18. The Kier molecular flexibility index (Phi) is 5.18. The van der Waals surface area contributed by atoms with Crippen molar-refractivity contribution in [2.75, 3.05) is 0 Å². The maximum absolute atomic E-state index is 9.97. The van der Waals surface area contributed by atoms with E-state index in [9.17, 15) is 5.11 Å². The third kappa shape index (κ3) is 4.34. The first-order valence-corrected chi connectivity index (χ1v) is 7.46. The van der Waals surface area contributed by atoms with Crippen LogP contribution in [0.1, 0.15) is 19.4 Å². The molecule has 2 rings (SSSR count). The van der Waals surface area contributed by atoms with Gasteiger partial charge in [-0.15, -0.1) is 0 Å². The van der Waals surface area contributed by atoms with Crippen molar-refractivity contribution in [2.45, 2.75) is 25.9 Å². The van der Waals surface area contributed by atoms with Crippen molar-refractivity contribution in [3.8, 4) is 11.1 Å². The van der Waals surface area contributed by atoms with Crippen LogP contribution in [-0.4, -0.2) is 10.7 Å². The zero-order valence-corrected chi connectivity index (χ0v) is 13.2. The van der Waals surface area contributed by atoms with E-state index < -0.39 is 5.60 Å². The minimum absolute atomic E-state index is 0.715. The number of allylic oxidation sites excluding steroid dienone is 1. The third-order valence-corrected chi connectivity index (χ3v) is 3.57. The molecule has 22 heavy (non-hydrogen) atoms. The first-order chi connectivity index (χ1) is 10.5. The van der Waals surface area contributed by atoms with Gasteiger partial charge >= 0.3 is 0 Å². The second kappa shape index (κ2) is 7.10. The molecule has 2 nitrogen and oxygen atoms in total. The average Bonchev–Trinajstić information content (AvgIpc) is 2.51. The molecule has 0 saturated heterocycles. The predicted molar refractivity (Wildman–Crippen MR) is 93.3 cm³/mol. The highest BCUT2D eigenvalue weighted by atomic mass is 16.3. The number of aliphatic hydroxyl groups is 1. The SMILES string of the molecule is CC(C)(O)C(/C=C\Cc1cccc(-c2ccccc2)c1)=C/N. The molecule has 0 amide bonds. The van der Waals surface area contributed by atoms with Crippen molar-refractivity contribution >= 4 is 0 Å². The Balaban J connectivity index is 2.12. The van der Waals surface area contributed by atoms with Crippen LogP contribution in [0, 0.1) is 0 Å². The molecular formula is C20H23NO. The van der Waals surface area contributed by atoms with E-state index in [1.54, 1.807) is 13.8 Å². The second-order valence-electron chi connectivity index (χ2n) is 5.85. The fourth-order valence-electron chi connectivity index (χ4n) is 2.29. The largest absolute Gasteiger partial charge is 0.404 e. The molecular weight excluding hydrogens is 270 g/mol. The van der Waals surface area contributed by atoms with Gasteiger partial charge in [-0.3, -0.25) is 0 Å². The van der Waals surface area contributed by atoms with Gasteiger partial charge in [0.25, 0.3) is 0 Å². The molecule has 2 heteroatoms. The van der Waals surface area contributed by atoms with E-state index >= 15 is 0 Å². The summed E-state index contributed by atoms with van der Waals surface area (Å²) in [6, 6.07) is 18.8. The molecule has 0 aliphatic carbocycles. The van der Waals surface area contributed by atoms with Crippen LogP contribution in [0.25, 0.3) is 11.1 Å². The minimum atomic E-state index is -0.920. The maximum atomic E-state index is 9.97. The third-order valence-electron chi connectivity index (χ3n) is 3.57. The standard InChI is InChI=1S/C20H23NO/c1-20(2,22)19(15-21)13-7-9-16-8-6-12-18(14-16)17-10-4-3-5-11-17/h3-8,10-15,22H,9,21H2,1-2H3/b13-7-,19-15+. The van der Waals surface area contributed by atoms with Gasteiger partial charge in [0, 0.05) is 0 Å². The van der Waals surface area contributed by atoms with Crippen molar-refractivity contribution in [3.63, 3.8) is 0 Å². The number of nitrogens with two attached hydrogens (primary N) is 1. The van der Waals surface area contributed by atoms with Crippen LogP contribution in [0.5, 0.6) is 0 Å². The van der Waals surface area contributed by atoms with Crippen LogP contribution in [0.15, 0.2) is 78.5 Å². The van der Waals surface area contributed by atoms with Crippen LogP contribution in [-0.2, 0) is 6.42 Å². The quantitative estimate of drug-likeness (QED) is 0.816. The average molecular weight is 293 g/mol. The zero-order chi connectivity index (χ0) is 16.0. The first-order valence-electron chi connectivity index (χ1n) is 7.46. The van der Waals surface area contributed by atoms with Gasteiger partial charge in [-0.1, -0.05) is 66.7 Å². The van der Waals surface area contributed by atoms with E-state index in [2.05, 4.69) is 36.4 Å². The molecule has 114 valence electrons. The Hall–Kier alpha value is -2.32. The molecule has 0 heterocycles. The van der Waals surface area contributed by atoms with Gasteiger partial charge < -0.3 is 10.8 Å². The van der Waals surface area contributed by atoms with Gasteiger partial charge in [0.1, 0.15) is 0 Å². The maximum Gasteiger partial charge on any atom is 0.0854 e. The van der Waals surface area contributed by atoms with Crippen molar-refractivity contribution in [1.29, 1.82) is 0 Å². The topological polar surface area (TPSA) is 46.2 Å². The number of benzene rings is 2. The summed E-state index contributed by atoms with van der Waals surface area (Å²) < 4.78 is 0. The molecule has 3 N–H and O–H groups in total. The normalized spacial score (nSPS) is 12.8. The van der Waals surface area contributed by atoms with Crippen LogP contribution in [0.4, 0.5) is 0 Å². The molecule has 0 aliphatic heterocycles. The van der Waals surface area contributed by atoms with Gasteiger partial charge in [0.05, 0.1) is 5.60 Å². The molecule has 0 saturated carbocycles. The molecule has 0 unspecified atom stereocenters. The summed E-state index contributed by atoms with van der Waals surface area (Å²) in [5, 5.41) is 9.97. The van der Waals surface area contributed by atoms with E-state index in [0.717, 1.165) is 6.42 Å². The summed E-state index contributed by atoms with van der Waals surface area (Å²) in [7, 11) is 0. The number of rotatable bonds is 5. The number of hydrogen-bond donors (Lipinski definition) is 2. The van der Waals surface area contributed by atoms with Crippen molar-refractivity contribution < 1.29 is 5.11 Å². The molecule has 2 aromatic carbocycles. The highest BCUT2D eigenvalue weighted by Crippen LogP contribution is 2.21. The molecule has 2 aromatic rings. The molecule has 0 fully saturated rings. The highest BCUT2D eigenvalue weighted by molar-refractivity contribution is 5.64. The van der Waals surface area contributed by atoms with Crippen LogP contribution >= 0.6 is 0 Å². The number of hydrogen-bond acceptors (Lipinski definition) is 2. The lowest BCUT2D eigenvalue weighted by atomic mass is 9.97.